The zero-order valence-corrected chi connectivity index (χ0v) is 14.9. The lowest BCUT2D eigenvalue weighted by molar-refractivity contribution is 0.101. The number of piperazine rings is 1. The summed E-state index contributed by atoms with van der Waals surface area (Å²) in [5.41, 5.74) is 2.98. The van der Waals surface area contributed by atoms with Crippen LogP contribution in [0.4, 0.5) is 5.69 Å². The highest BCUT2D eigenvalue weighted by Gasteiger charge is 2.22. The van der Waals surface area contributed by atoms with E-state index in [1.807, 2.05) is 30.3 Å². The summed E-state index contributed by atoms with van der Waals surface area (Å²) in [5.74, 6) is 0.00594. The third-order valence-electron chi connectivity index (χ3n) is 4.83. The molecule has 0 amide bonds. The molecule has 1 unspecified atom stereocenters. The van der Waals surface area contributed by atoms with Crippen LogP contribution in [0.5, 0.6) is 0 Å². The minimum atomic E-state index is -0.502. The van der Waals surface area contributed by atoms with Crippen LogP contribution < -0.4 is 4.90 Å². The fourth-order valence-corrected chi connectivity index (χ4v) is 3.36. The molecule has 0 bridgehead atoms. The van der Waals surface area contributed by atoms with Crippen molar-refractivity contribution >= 4 is 11.5 Å². The molecule has 1 aliphatic rings. The average molecular weight is 349 g/mol. The van der Waals surface area contributed by atoms with E-state index >= 15 is 0 Å². The first-order chi connectivity index (χ1) is 12.6. The summed E-state index contributed by atoms with van der Waals surface area (Å²) < 4.78 is 0. The summed E-state index contributed by atoms with van der Waals surface area (Å²) >= 11 is 0. The van der Waals surface area contributed by atoms with E-state index in [1.165, 1.54) is 0 Å². The largest absolute Gasteiger partial charge is 0.387 e. The molecule has 1 fully saturated rings. The van der Waals surface area contributed by atoms with Crippen LogP contribution in [-0.2, 0) is 0 Å². The highest BCUT2D eigenvalue weighted by atomic mass is 16.3. The molecule has 134 valence electrons. The summed E-state index contributed by atoms with van der Waals surface area (Å²) in [6.07, 6.45) is -0.502. The first-order valence-electron chi connectivity index (χ1n) is 8.84. The van der Waals surface area contributed by atoms with Gasteiger partial charge in [-0.3, -0.25) is 9.69 Å². The van der Waals surface area contributed by atoms with Crippen LogP contribution in [0.3, 0.4) is 0 Å². The van der Waals surface area contributed by atoms with Gasteiger partial charge in [-0.1, -0.05) is 30.3 Å². The number of aliphatic hydroxyl groups is 1. The zero-order valence-electron chi connectivity index (χ0n) is 14.9. The lowest BCUT2D eigenvalue weighted by Gasteiger charge is -2.37. The number of aliphatic hydroxyl groups excluding tert-OH is 1. The van der Waals surface area contributed by atoms with Gasteiger partial charge in [0.1, 0.15) is 0 Å². The van der Waals surface area contributed by atoms with Gasteiger partial charge in [0, 0.05) is 44.0 Å². The van der Waals surface area contributed by atoms with Crippen LogP contribution >= 0.6 is 0 Å². The van der Waals surface area contributed by atoms with E-state index in [4.69, 9.17) is 5.26 Å². The molecule has 1 saturated heterocycles. The van der Waals surface area contributed by atoms with E-state index in [0.29, 0.717) is 17.7 Å². The van der Waals surface area contributed by atoms with Crippen LogP contribution in [0.1, 0.15) is 34.5 Å². The number of Topliss-reactive ketones (excluding diaryl/α,β-unsaturated/α-hetero) is 1. The summed E-state index contributed by atoms with van der Waals surface area (Å²) in [6.45, 7) is 5.27. The second-order valence-corrected chi connectivity index (χ2v) is 6.61. The number of carbonyl (C=O) groups is 1. The number of β-amino-alcohol motifs (C(OH)–C–C–N with tert-alkyl or cyclic N) is 1. The average Bonchev–Trinajstić information content (AvgIpc) is 2.68. The summed E-state index contributed by atoms with van der Waals surface area (Å²) in [7, 11) is 0. The predicted molar refractivity (Wildman–Crippen MR) is 101 cm³/mol. The first kappa shape index (κ1) is 18.1. The van der Waals surface area contributed by atoms with E-state index < -0.39 is 6.10 Å². The molecular weight excluding hydrogens is 326 g/mol. The molecule has 1 aliphatic heterocycles. The quantitative estimate of drug-likeness (QED) is 0.841. The van der Waals surface area contributed by atoms with Crippen molar-refractivity contribution in [2.75, 3.05) is 37.6 Å². The number of carbonyl (C=O) groups excluding carboxylic acids is 1. The second-order valence-electron chi connectivity index (χ2n) is 6.61. The van der Waals surface area contributed by atoms with Crippen LogP contribution in [0, 0.1) is 11.3 Å². The molecule has 2 aromatic carbocycles. The van der Waals surface area contributed by atoms with E-state index in [1.54, 1.807) is 25.1 Å². The van der Waals surface area contributed by atoms with Crippen molar-refractivity contribution in [2.45, 2.75) is 13.0 Å². The molecule has 2 aromatic rings. The lowest BCUT2D eigenvalue weighted by atomic mass is 10.0. The van der Waals surface area contributed by atoms with Gasteiger partial charge in [-0.2, -0.15) is 5.26 Å². The monoisotopic (exact) mass is 349 g/mol. The molecule has 1 heterocycles. The molecule has 5 nitrogen and oxygen atoms in total. The number of nitrogens with zero attached hydrogens (tertiary/aromatic N) is 3. The number of rotatable bonds is 5. The van der Waals surface area contributed by atoms with Gasteiger partial charge in [-0.15, -0.1) is 0 Å². The molecule has 0 saturated carbocycles. The highest BCUT2D eigenvalue weighted by Crippen LogP contribution is 2.25. The van der Waals surface area contributed by atoms with Gasteiger partial charge in [-0.05, 0) is 30.7 Å². The molecule has 3 rings (SSSR count). The minimum Gasteiger partial charge on any atom is -0.387 e. The van der Waals surface area contributed by atoms with Crippen molar-refractivity contribution in [3.05, 3.63) is 65.2 Å². The maximum Gasteiger partial charge on any atom is 0.161 e. The van der Waals surface area contributed by atoms with Crippen molar-refractivity contribution < 1.29 is 9.90 Å². The van der Waals surface area contributed by atoms with Crippen molar-refractivity contribution in [3.63, 3.8) is 0 Å². The Morgan fingerprint density at radius 3 is 2.46 bits per heavy atom. The van der Waals surface area contributed by atoms with Crippen LogP contribution in [0.25, 0.3) is 0 Å². The molecule has 0 radical (unpaired) electrons. The first-order valence-corrected chi connectivity index (χ1v) is 8.84. The maximum atomic E-state index is 11.9. The third-order valence-corrected chi connectivity index (χ3v) is 4.83. The van der Waals surface area contributed by atoms with Crippen molar-refractivity contribution in [1.29, 1.82) is 5.26 Å². The Kier molecular flexibility index (Phi) is 5.67. The van der Waals surface area contributed by atoms with Crippen LogP contribution in [-0.4, -0.2) is 48.5 Å². The van der Waals surface area contributed by atoms with E-state index in [2.05, 4.69) is 15.9 Å². The van der Waals surface area contributed by atoms with Gasteiger partial charge in [-0.25, -0.2) is 0 Å². The molecule has 1 atom stereocenters. The Balaban J connectivity index is 1.65. The van der Waals surface area contributed by atoms with Gasteiger partial charge in [0.05, 0.1) is 17.7 Å². The molecular formula is C21H23N3O2. The minimum absolute atomic E-state index is 0.00594. The Morgan fingerprint density at radius 2 is 1.85 bits per heavy atom. The molecule has 0 aliphatic carbocycles. The van der Waals surface area contributed by atoms with Gasteiger partial charge in [0.25, 0.3) is 0 Å². The summed E-state index contributed by atoms with van der Waals surface area (Å²) in [4.78, 5) is 16.3. The predicted octanol–water partition coefficient (Wildman–Crippen LogP) is 2.62. The fourth-order valence-electron chi connectivity index (χ4n) is 3.36. The highest BCUT2D eigenvalue weighted by molar-refractivity contribution is 6.00. The molecule has 0 aromatic heterocycles. The molecule has 0 spiro atoms. The maximum absolute atomic E-state index is 11.9. The molecule has 1 N–H and O–H groups in total. The number of hydrogen-bond donors (Lipinski definition) is 1. The number of nitriles is 1. The number of hydrogen-bond acceptors (Lipinski definition) is 5. The summed E-state index contributed by atoms with van der Waals surface area (Å²) in [6, 6.07) is 17.0. The van der Waals surface area contributed by atoms with Gasteiger partial charge in [0.2, 0.25) is 0 Å². The van der Waals surface area contributed by atoms with Crippen LogP contribution in [0.15, 0.2) is 48.5 Å². The van der Waals surface area contributed by atoms with Gasteiger partial charge >= 0.3 is 0 Å². The van der Waals surface area contributed by atoms with Crippen LogP contribution in [0.2, 0.25) is 0 Å². The zero-order chi connectivity index (χ0) is 18.5. The van der Waals surface area contributed by atoms with Gasteiger partial charge in [0.15, 0.2) is 5.78 Å². The van der Waals surface area contributed by atoms with E-state index in [0.717, 1.165) is 37.4 Å². The SMILES string of the molecule is CC(=O)c1ccc(C#N)cc1N1CCN(CC(O)c2ccccc2)CC1. The van der Waals surface area contributed by atoms with E-state index in [-0.39, 0.29) is 5.78 Å². The Morgan fingerprint density at radius 1 is 1.15 bits per heavy atom. The molecule has 5 heteroatoms. The Bertz CT molecular complexity index is 806. The standard InChI is InChI=1S/C21H23N3O2/c1-16(25)19-8-7-17(14-22)13-20(19)24-11-9-23(10-12-24)15-21(26)18-5-3-2-4-6-18/h2-8,13,21,26H,9-12,15H2,1H3. The van der Waals surface area contributed by atoms with Crippen molar-refractivity contribution in [1.82, 2.24) is 4.90 Å². The number of ketones is 1. The fraction of sp³-hybridized carbons (Fsp3) is 0.333. The lowest BCUT2D eigenvalue weighted by Crippen LogP contribution is -2.48. The summed E-state index contributed by atoms with van der Waals surface area (Å²) in [5, 5.41) is 19.6. The Labute approximate surface area is 154 Å². The van der Waals surface area contributed by atoms with Crippen molar-refractivity contribution in [3.8, 4) is 6.07 Å². The third kappa shape index (κ3) is 4.10. The van der Waals surface area contributed by atoms with Gasteiger partial charge < -0.3 is 10.0 Å². The van der Waals surface area contributed by atoms with Crippen molar-refractivity contribution in [2.24, 2.45) is 0 Å². The number of anilines is 1. The van der Waals surface area contributed by atoms with E-state index in [9.17, 15) is 9.90 Å². The smallest absolute Gasteiger partial charge is 0.161 e. The molecule has 26 heavy (non-hydrogen) atoms. The topological polar surface area (TPSA) is 67.6 Å². The second kappa shape index (κ2) is 8.13. The Hall–Kier alpha value is -2.68. The normalized spacial score (nSPS) is 16.1. The number of benzene rings is 2.